The molecule has 1 aromatic carbocycles. The average Bonchev–Trinajstić information content (AvgIpc) is 2.37. The lowest BCUT2D eigenvalue weighted by molar-refractivity contribution is 0.0945. The van der Waals surface area contributed by atoms with E-state index in [1.54, 1.807) is 6.07 Å². The van der Waals surface area contributed by atoms with Crippen LogP contribution in [-0.4, -0.2) is 26.1 Å². The molecule has 5 heteroatoms. The van der Waals surface area contributed by atoms with E-state index in [1.807, 2.05) is 0 Å². The van der Waals surface area contributed by atoms with Crippen molar-refractivity contribution in [3.8, 4) is 5.75 Å². The number of rotatable bonds is 7. The van der Waals surface area contributed by atoms with Crippen molar-refractivity contribution in [2.75, 3.05) is 20.2 Å². The minimum Gasteiger partial charge on any atom is -0.496 e. The number of hydrogen-bond acceptors (Lipinski definition) is 3. The average molecular weight is 254 g/mol. The third-order valence-corrected chi connectivity index (χ3v) is 2.59. The van der Waals surface area contributed by atoms with Gasteiger partial charge in [0.1, 0.15) is 17.1 Å². The Balaban J connectivity index is 2.56. The molecule has 3 N–H and O–H groups in total. The van der Waals surface area contributed by atoms with Gasteiger partial charge in [-0.1, -0.05) is 12.5 Å². The second-order valence-electron chi connectivity index (χ2n) is 3.92. The van der Waals surface area contributed by atoms with E-state index in [0.717, 1.165) is 19.3 Å². The molecule has 0 aliphatic heterocycles. The molecule has 0 bridgehead atoms. The second-order valence-corrected chi connectivity index (χ2v) is 3.92. The number of nitrogens with one attached hydrogen (secondary N) is 1. The van der Waals surface area contributed by atoms with Crippen LogP contribution in [0, 0.1) is 5.82 Å². The van der Waals surface area contributed by atoms with Crippen molar-refractivity contribution in [3.05, 3.63) is 29.6 Å². The van der Waals surface area contributed by atoms with Crippen LogP contribution in [0.2, 0.25) is 0 Å². The first-order chi connectivity index (χ1) is 8.70. The molecule has 0 heterocycles. The number of methoxy groups -OCH3 is 1. The largest absolute Gasteiger partial charge is 0.496 e. The number of nitrogens with two attached hydrogens (primary N) is 1. The van der Waals surface area contributed by atoms with E-state index >= 15 is 0 Å². The van der Waals surface area contributed by atoms with Crippen LogP contribution in [0.5, 0.6) is 5.75 Å². The topological polar surface area (TPSA) is 64.3 Å². The Labute approximate surface area is 106 Å². The molecule has 1 aromatic rings. The minimum atomic E-state index is -0.575. The molecule has 0 spiro atoms. The molecule has 0 aliphatic carbocycles. The fraction of sp³-hybridized carbons (Fsp3) is 0.462. The number of halogens is 1. The molecule has 0 saturated carbocycles. The maximum absolute atomic E-state index is 13.6. The van der Waals surface area contributed by atoms with E-state index in [2.05, 4.69) is 5.32 Å². The highest BCUT2D eigenvalue weighted by Crippen LogP contribution is 2.20. The summed E-state index contributed by atoms with van der Waals surface area (Å²) in [5.74, 6) is -0.777. The van der Waals surface area contributed by atoms with Crippen molar-refractivity contribution in [2.45, 2.75) is 19.3 Å². The monoisotopic (exact) mass is 254 g/mol. The Hall–Kier alpha value is -1.62. The molecule has 0 unspecified atom stereocenters. The number of hydrogen-bond donors (Lipinski definition) is 2. The molecule has 4 nitrogen and oxygen atoms in total. The van der Waals surface area contributed by atoms with Crippen molar-refractivity contribution >= 4 is 5.91 Å². The predicted octanol–water partition coefficient (Wildman–Crippen LogP) is 1.69. The zero-order valence-corrected chi connectivity index (χ0v) is 10.5. The van der Waals surface area contributed by atoms with Crippen LogP contribution in [0.15, 0.2) is 18.2 Å². The highest BCUT2D eigenvalue weighted by molar-refractivity contribution is 5.97. The van der Waals surface area contributed by atoms with Crippen LogP contribution in [-0.2, 0) is 0 Å². The van der Waals surface area contributed by atoms with E-state index in [1.165, 1.54) is 19.2 Å². The van der Waals surface area contributed by atoms with Gasteiger partial charge in [-0.3, -0.25) is 4.79 Å². The van der Waals surface area contributed by atoms with E-state index in [4.69, 9.17) is 10.5 Å². The Morgan fingerprint density at radius 3 is 2.83 bits per heavy atom. The van der Waals surface area contributed by atoms with Gasteiger partial charge < -0.3 is 15.8 Å². The first-order valence-corrected chi connectivity index (χ1v) is 6.01. The lowest BCUT2D eigenvalue weighted by atomic mass is 10.1. The number of carbonyl (C=O) groups is 1. The first kappa shape index (κ1) is 14.4. The normalized spacial score (nSPS) is 10.2. The molecule has 0 saturated heterocycles. The number of amides is 1. The lowest BCUT2D eigenvalue weighted by Crippen LogP contribution is -2.26. The molecule has 0 aromatic heterocycles. The maximum Gasteiger partial charge on any atom is 0.258 e. The van der Waals surface area contributed by atoms with E-state index in [9.17, 15) is 9.18 Å². The highest BCUT2D eigenvalue weighted by Gasteiger charge is 2.16. The molecule has 0 radical (unpaired) electrons. The summed E-state index contributed by atoms with van der Waals surface area (Å²) < 4.78 is 18.5. The van der Waals surface area contributed by atoms with Crippen molar-refractivity contribution in [1.82, 2.24) is 5.32 Å². The van der Waals surface area contributed by atoms with Gasteiger partial charge >= 0.3 is 0 Å². The van der Waals surface area contributed by atoms with Crippen molar-refractivity contribution in [1.29, 1.82) is 0 Å². The van der Waals surface area contributed by atoms with Crippen molar-refractivity contribution in [3.63, 3.8) is 0 Å². The number of benzene rings is 1. The van der Waals surface area contributed by atoms with Crippen molar-refractivity contribution < 1.29 is 13.9 Å². The second kappa shape index (κ2) is 7.66. The Bertz CT molecular complexity index is 397. The summed E-state index contributed by atoms with van der Waals surface area (Å²) in [6.07, 6.45) is 2.71. The molecular weight excluding hydrogens is 235 g/mol. The Morgan fingerprint density at radius 2 is 2.17 bits per heavy atom. The first-order valence-electron chi connectivity index (χ1n) is 6.01. The smallest absolute Gasteiger partial charge is 0.258 e. The minimum absolute atomic E-state index is 0.0428. The van der Waals surface area contributed by atoms with Crippen LogP contribution in [0.4, 0.5) is 4.39 Å². The van der Waals surface area contributed by atoms with E-state index in [-0.39, 0.29) is 11.3 Å². The maximum atomic E-state index is 13.6. The van der Waals surface area contributed by atoms with Crippen LogP contribution in [0.25, 0.3) is 0 Å². The predicted molar refractivity (Wildman–Crippen MR) is 68.2 cm³/mol. The molecular formula is C13H19FN2O2. The fourth-order valence-electron chi connectivity index (χ4n) is 1.63. The van der Waals surface area contributed by atoms with Crippen molar-refractivity contribution in [2.24, 2.45) is 5.73 Å². The molecule has 1 rings (SSSR count). The van der Waals surface area contributed by atoms with Gasteiger partial charge in [-0.05, 0) is 31.5 Å². The van der Waals surface area contributed by atoms with Crippen LogP contribution in [0.1, 0.15) is 29.6 Å². The number of carbonyl (C=O) groups excluding carboxylic acids is 1. The number of unbranched alkanes of at least 4 members (excludes halogenated alkanes) is 2. The van der Waals surface area contributed by atoms with E-state index in [0.29, 0.717) is 13.1 Å². The van der Waals surface area contributed by atoms with E-state index < -0.39 is 11.7 Å². The summed E-state index contributed by atoms with van der Waals surface area (Å²) in [7, 11) is 1.41. The standard InChI is InChI=1S/C13H19FN2O2/c1-18-11-7-5-6-10(14)12(11)13(17)16-9-4-2-3-8-15/h5-7H,2-4,8-9,15H2,1H3,(H,16,17). The molecule has 0 atom stereocenters. The Kier molecular flexibility index (Phi) is 6.14. The summed E-state index contributed by atoms with van der Waals surface area (Å²) >= 11 is 0. The molecule has 0 aliphatic rings. The Morgan fingerprint density at radius 1 is 1.39 bits per heavy atom. The van der Waals surface area contributed by atoms with Gasteiger partial charge in [0.05, 0.1) is 7.11 Å². The molecule has 0 fully saturated rings. The summed E-state index contributed by atoms with van der Waals surface area (Å²) in [5, 5.41) is 2.67. The zero-order chi connectivity index (χ0) is 13.4. The van der Waals surface area contributed by atoms with Gasteiger partial charge in [0.15, 0.2) is 0 Å². The van der Waals surface area contributed by atoms with Crippen LogP contribution >= 0.6 is 0 Å². The summed E-state index contributed by atoms with van der Waals surface area (Å²) in [6, 6.07) is 4.31. The summed E-state index contributed by atoms with van der Waals surface area (Å²) in [6.45, 7) is 1.16. The van der Waals surface area contributed by atoms with Gasteiger partial charge in [0, 0.05) is 6.54 Å². The zero-order valence-electron chi connectivity index (χ0n) is 10.5. The quantitative estimate of drug-likeness (QED) is 0.728. The van der Waals surface area contributed by atoms with Crippen LogP contribution in [0.3, 0.4) is 0 Å². The van der Waals surface area contributed by atoms with Gasteiger partial charge in [0.2, 0.25) is 0 Å². The van der Waals surface area contributed by atoms with Crippen LogP contribution < -0.4 is 15.8 Å². The lowest BCUT2D eigenvalue weighted by Gasteiger charge is -2.09. The number of ether oxygens (including phenoxy) is 1. The van der Waals surface area contributed by atoms with Gasteiger partial charge in [-0.2, -0.15) is 0 Å². The molecule has 18 heavy (non-hydrogen) atoms. The third kappa shape index (κ3) is 4.00. The fourth-order valence-corrected chi connectivity index (χ4v) is 1.63. The summed E-state index contributed by atoms with van der Waals surface area (Å²) in [5.41, 5.74) is 5.32. The van der Waals surface area contributed by atoms with Gasteiger partial charge in [-0.15, -0.1) is 0 Å². The third-order valence-electron chi connectivity index (χ3n) is 2.59. The highest BCUT2D eigenvalue weighted by atomic mass is 19.1. The van der Waals surface area contributed by atoms with Gasteiger partial charge in [-0.25, -0.2) is 4.39 Å². The van der Waals surface area contributed by atoms with Gasteiger partial charge in [0.25, 0.3) is 5.91 Å². The summed E-state index contributed by atoms with van der Waals surface area (Å²) in [4.78, 5) is 11.8. The molecule has 100 valence electrons. The SMILES string of the molecule is COc1cccc(F)c1C(=O)NCCCCCN. The molecule has 1 amide bonds.